The van der Waals surface area contributed by atoms with Gasteiger partial charge in [-0.2, -0.15) is 0 Å². The molecule has 1 saturated carbocycles. The number of rotatable bonds is 3. The van der Waals surface area contributed by atoms with Crippen molar-refractivity contribution in [1.82, 2.24) is 15.6 Å². The van der Waals surface area contributed by atoms with E-state index in [2.05, 4.69) is 22.5 Å². The van der Waals surface area contributed by atoms with E-state index in [0.29, 0.717) is 5.92 Å². The van der Waals surface area contributed by atoms with E-state index in [0.717, 1.165) is 6.42 Å². The fraction of sp³-hybridized carbons (Fsp3) is 0.417. The summed E-state index contributed by atoms with van der Waals surface area (Å²) in [7, 11) is 1.44. The van der Waals surface area contributed by atoms with E-state index >= 15 is 0 Å². The van der Waals surface area contributed by atoms with E-state index in [4.69, 9.17) is 0 Å². The van der Waals surface area contributed by atoms with Gasteiger partial charge < -0.3 is 15.7 Å². The number of pyridine rings is 1. The van der Waals surface area contributed by atoms with Crippen LogP contribution in [0, 0.1) is 5.92 Å². The summed E-state index contributed by atoms with van der Waals surface area (Å²) in [5.41, 5.74) is 0.263. The van der Waals surface area contributed by atoms with Gasteiger partial charge in [-0.25, -0.2) is 4.98 Å². The molecule has 0 radical (unpaired) electrons. The minimum Gasteiger partial charge on any atom is -0.493 e. The lowest BCUT2D eigenvalue weighted by Gasteiger charge is -2.06. The van der Waals surface area contributed by atoms with E-state index < -0.39 is 5.91 Å². The molecule has 0 aromatic carbocycles. The second-order valence-corrected chi connectivity index (χ2v) is 4.47. The monoisotopic (exact) mass is 249 g/mol. The molecule has 2 rings (SSSR count). The van der Waals surface area contributed by atoms with Crippen molar-refractivity contribution in [2.75, 3.05) is 7.05 Å². The molecule has 0 aliphatic heterocycles. The number of nitrogens with one attached hydrogen (secondary N) is 2. The molecule has 6 nitrogen and oxygen atoms in total. The molecule has 0 unspecified atom stereocenters. The zero-order chi connectivity index (χ0) is 13.3. The van der Waals surface area contributed by atoms with Gasteiger partial charge in [-0.05, 0) is 18.4 Å². The molecule has 3 N–H and O–H groups in total. The maximum Gasteiger partial charge on any atom is 0.256 e. The number of hydrogen-bond donors (Lipinski definition) is 3. The second-order valence-electron chi connectivity index (χ2n) is 4.47. The van der Waals surface area contributed by atoms with Crippen molar-refractivity contribution in [1.29, 1.82) is 0 Å². The highest BCUT2D eigenvalue weighted by Gasteiger charge is 2.34. The first-order chi connectivity index (χ1) is 8.52. The van der Waals surface area contributed by atoms with Crippen LogP contribution < -0.4 is 10.6 Å². The molecule has 18 heavy (non-hydrogen) atoms. The molecule has 0 spiro atoms. The summed E-state index contributed by atoms with van der Waals surface area (Å²) < 4.78 is 0. The zero-order valence-corrected chi connectivity index (χ0v) is 10.2. The van der Waals surface area contributed by atoms with Crippen LogP contribution in [0.1, 0.15) is 34.1 Å². The van der Waals surface area contributed by atoms with Crippen molar-refractivity contribution in [2.24, 2.45) is 5.92 Å². The summed E-state index contributed by atoms with van der Waals surface area (Å²) in [6.45, 7) is 2.05. The van der Waals surface area contributed by atoms with Crippen molar-refractivity contribution in [2.45, 2.75) is 19.4 Å². The lowest BCUT2D eigenvalue weighted by Crippen LogP contribution is -2.27. The Bertz CT molecular complexity index is 501. The lowest BCUT2D eigenvalue weighted by molar-refractivity contribution is 0.0949. The van der Waals surface area contributed by atoms with E-state index in [9.17, 15) is 14.7 Å². The van der Waals surface area contributed by atoms with Crippen LogP contribution in [0.15, 0.2) is 12.3 Å². The number of carbonyl (C=O) groups is 2. The van der Waals surface area contributed by atoms with Gasteiger partial charge in [0.05, 0.1) is 5.56 Å². The van der Waals surface area contributed by atoms with Crippen molar-refractivity contribution >= 4 is 11.8 Å². The maximum atomic E-state index is 11.9. The standard InChI is InChI=1S/C12H15N3O3/c1-6-3-9(6)15-10(16)7-4-8(11(17)13-2)12(18)14-5-7/h4-6,9H,3H2,1-2H3,(H,13,17)(H,14,18)(H,15,16)/t6-,9-/m1/s1. The van der Waals surface area contributed by atoms with Crippen LogP contribution in [0.2, 0.25) is 0 Å². The van der Waals surface area contributed by atoms with Gasteiger partial charge in [-0.1, -0.05) is 6.92 Å². The van der Waals surface area contributed by atoms with Gasteiger partial charge in [0.15, 0.2) is 0 Å². The average molecular weight is 249 g/mol. The predicted molar refractivity (Wildman–Crippen MR) is 64.3 cm³/mol. The average Bonchev–Trinajstić information content (AvgIpc) is 3.04. The van der Waals surface area contributed by atoms with Gasteiger partial charge in [0.25, 0.3) is 11.8 Å². The Kier molecular flexibility index (Phi) is 3.18. The largest absolute Gasteiger partial charge is 0.493 e. The summed E-state index contributed by atoms with van der Waals surface area (Å²) in [6.07, 6.45) is 2.23. The zero-order valence-electron chi connectivity index (χ0n) is 10.2. The molecule has 1 aromatic rings. The molecular weight excluding hydrogens is 234 g/mol. The van der Waals surface area contributed by atoms with Gasteiger partial charge in [-0.3, -0.25) is 9.59 Å². The molecule has 2 amide bonds. The smallest absolute Gasteiger partial charge is 0.256 e. The quantitative estimate of drug-likeness (QED) is 0.717. The Morgan fingerprint density at radius 3 is 2.67 bits per heavy atom. The molecule has 1 aromatic heterocycles. The normalized spacial score (nSPS) is 21.2. The molecule has 1 fully saturated rings. The molecule has 1 aliphatic rings. The Labute approximate surface area is 104 Å². The third-order valence-corrected chi connectivity index (χ3v) is 3.03. The Morgan fingerprint density at radius 2 is 2.11 bits per heavy atom. The molecule has 1 heterocycles. The van der Waals surface area contributed by atoms with Crippen LogP contribution in [0.5, 0.6) is 5.88 Å². The topological polar surface area (TPSA) is 91.3 Å². The minimum atomic E-state index is -0.477. The SMILES string of the molecule is CNC(=O)c1cc(C(=O)N[C@@H]2C[C@H]2C)cnc1O. The van der Waals surface area contributed by atoms with E-state index in [1.54, 1.807) is 0 Å². The maximum absolute atomic E-state index is 11.9. The molecule has 1 aliphatic carbocycles. The third-order valence-electron chi connectivity index (χ3n) is 3.03. The van der Waals surface area contributed by atoms with E-state index in [-0.39, 0.29) is 29.0 Å². The molecule has 2 atom stereocenters. The van der Waals surface area contributed by atoms with Crippen LogP contribution in [-0.4, -0.2) is 35.0 Å². The summed E-state index contributed by atoms with van der Waals surface area (Å²) in [6, 6.07) is 1.54. The number of aromatic hydroxyl groups is 1. The lowest BCUT2D eigenvalue weighted by atomic mass is 10.1. The summed E-state index contributed by atoms with van der Waals surface area (Å²) in [5.74, 6) is -0.639. The van der Waals surface area contributed by atoms with Gasteiger partial charge in [0.1, 0.15) is 5.56 Å². The Hall–Kier alpha value is -2.11. The second kappa shape index (κ2) is 4.64. The highest BCUT2D eigenvalue weighted by molar-refractivity contribution is 6.00. The highest BCUT2D eigenvalue weighted by atomic mass is 16.3. The molecule has 6 heteroatoms. The Balaban J connectivity index is 2.18. The fourth-order valence-corrected chi connectivity index (χ4v) is 1.66. The van der Waals surface area contributed by atoms with Crippen LogP contribution in [0.3, 0.4) is 0 Å². The van der Waals surface area contributed by atoms with Gasteiger partial charge in [0, 0.05) is 19.3 Å². The van der Waals surface area contributed by atoms with E-state index in [1.807, 2.05) is 0 Å². The summed E-state index contributed by atoms with van der Waals surface area (Å²) in [5, 5.41) is 14.7. The number of hydrogen-bond acceptors (Lipinski definition) is 4. The highest BCUT2D eigenvalue weighted by Crippen LogP contribution is 2.29. The van der Waals surface area contributed by atoms with Crippen LogP contribution in [0.4, 0.5) is 0 Å². The summed E-state index contributed by atoms with van der Waals surface area (Å²) >= 11 is 0. The fourth-order valence-electron chi connectivity index (χ4n) is 1.66. The van der Waals surface area contributed by atoms with E-state index in [1.165, 1.54) is 19.3 Å². The third kappa shape index (κ3) is 2.42. The minimum absolute atomic E-state index is 0.00556. The number of nitrogens with zero attached hydrogens (tertiary/aromatic N) is 1. The number of amides is 2. The van der Waals surface area contributed by atoms with Crippen molar-refractivity contribution in [3.05, 3.63) is 23.4 Å². The van der Waals surface area contributed by atoms with Crippen LogP contribution in [-0.2, 0) is 0 Å². The molecule has 0 bridgehead atoms. The van der Waals surface area contributed by atoms with Gasteiger partial charge in [-0.15, -0.1) is 0 Å². The molecule has 96 valence electrons. The first kappa shape index (κ1) is 12.3. The number of aromatic nitrogens is 1. The molecule has 0 saturated heterocycles. The van der Waals surface area contributed by atoms with Crippen molar-refractivity contribution in [3.63, 3.8) is 0 Å². The number of carbonyl (C=O) groups excluding carboxylic acids is 2. The van der Waals surface area contributed by atoms with Crippen LogP contribution >= 0.6 is 0 Å². The Morgan fingerprint density at radius 1 is 1.44 bits per heavy atom. The first-order valence-electron chi connectivity index (χ1n) is 5.75. The van der Waals surface area contributed by atoms with Crippen molar-refractivity contribution < 1.29 is 14.7 Å². The molecular formula is C12H15N3O3. The summed E-state index contributed by atoms with van der Waals surface area (Å²) in [4.78, 5) is 27.0. The predicted octanol–water partition coefficient (Wildman–Crippen LogP) is 0.285. The van der Waals surface area contributed by atoms with Gasteiger partial charge >= 0.3 is 0 Å². The first-order valence-corrected chi connectivity index (χ1v) is 5.75. The van der Waals surface area contributed by atoms with Gasteiger partial charge in [0.2, 0.25) is 5.88 Å². The van der Waals surface area contributed by atoms with Crippen LogP contribution in [0.25, 0.3) is 0 Å². The van der Waals surface area contributed by atoms with Crippen molar-refractivity contribution in [3.8, 4) is 5.88 Å².